The fourth-order valence-electron chi connectivity index (χ4n) is 3.17. The number of imidazole rings is 1. The third-order valence-electron chi connectivity index (χ3n) is 5.01. The topological polar surface area (TPSA) is 194 Å². The second-order valence-electron chi connectivity index (χ2n) is 7.57. The maximum Gasteiger partial charge on any atom is 0.322 e. The Balaban J connectivity index is 1.80. The predicted octanol–water partition coefficient (Wildman–Crippen LogP) is -1.51. The molecule has 1 fully saturated rings. The van der Waals surface area contributed by atoms with Crippen LogP contribution in [0.2, 0.25) is 0 Å². The number of rotatable bonds is 8. The van der Waals surface area contributed by atoms with E-state index in [2.05, 4.69) is 15.0 Å². The van der Waals surface area contributed by atoms with Gasteiger partial charge in [0, 0.05) is 17.9 Å². The summed E-state index contributed by atoms with van der Waals surface area (Å²) in [5.41, 5.74) is 16.2. The van der Waals surface area contributed by atoms with Gasteiger partial charge >= 0.3 is 11.9 Å². The van der Waals surface area contributed by atoms with Gasteiger partial charge in [-0.25, -0.2) is 4.98 Å². The van der Waals surface area contributed by atoms with Gasteiger partial charge in [0.25, 0.3) is 5.56 Å². The van der Waals surface area contributed by atoms with E-state index < -0.39 is 35.0 Å². The SMILES string of the molecule is C[C@H](N)C(=O)OCC1CC1(COC(=O)[C@H](C)N)Cn1cnc2c(=O)[nH]c(N)nc21. The molecule has 1 aliphatic carbocycles. The van der Waals surface area contributed by atoms with Crippen molar-refractivity contribution in [2.24, 2.45) is 22.8 Å². The van der Waals surface area contributed by atoms with Crippen LogP contribution in [-0.4, -0.2) is 56.8 Å². The van der Waals surface area contributed by atoms with E-state index in [1.54, 1.807) is 4.57 Å². The number of esters is 2. The largest absolute Gasteiger partial charge is 0.464 e. The van der Waals surface area contributed by atoms with Crippen LogP contribution in [-0.2, 0) is 25.6 Å². The smallest absolute Gasteiger partial charge is 0.322 e. The number of hydrogen-bond acceptors (Lipinski definition) is 10. The number of H-pyrrole nitrogens is 1. The van der Waals surface area contributed by atoms with Gasteiger partial charge in [0.2, 0.25) is 5.95 Å². The van der Waals surface area contributed by atoms with E-state index in [0.29, 0.717) is 18.6 Å². The minimum Gasteiger partial charge on any atom is -0.464 e. The highest BCUT2D eigenvalue weighted by atomic mass is 16.5. The summed E-state index contributed by atoms with van der Waals surface area (Å²) in [6.07, 6.45) is 2.11. The summed E-state index contributed by atoms with van der Waals surface area (Å²) in [7, 11) is 0. The van der Waals surface area contributed by atoms with Crippen LogP contribution in [0, 0.1) is 11.3 Å². The summed E-state index contributed by atoms with van der Waals surface area (Å²) in [6.45, 7) is 3.63. The van der Waals surface area contributed by atoms with Crippen molar-refractivity contribution in [2.45, 2.75) is 38.9 Å². The molecule has 0 saturated heterocycles. The molecular weight excluding hydrogens is 382 g/mol. The van der Waals surface area contributed by atoms with Crippen molar-refractivity contribution in [3.63, 3.8) is 0 Å². The van der Waals surface area contributed by atoms with Crippen LogP contribution in [0.5, 0.6) is 0 Å². The first kappa shape index (κ1) is 20.7. The van der Waals surface area contributed by atoms with Crippen LogP contribution >= 0.6 is 0 Å². The number of fused-ring (bicyclic) bond motifs is 1. The molecule has 4 atom stereocenters. The van der Waals surface area contributed by atoms with Crippen LogP contribution in [0.1, 0.15) is 20.3 Å². The first-order valence-corrected chi connectivity index (χ1v) is 9.18. The Morgan fingerprint density at radius 1 is 1.31 bits per heavy atom. The number of ether oxygens (including phenoxy) is 2. The van der Waals surface area contributed by atoms with Crippen molar-refractivity contribution in [3.05, 3.63) is 16.7 Å². The van der Waals surface area contributed by atoms with E-state index in [9.17, 15) is 14.4 Å². The predicted molar refractivity (Wildman–Crippen MR) is 102 cm³/mol. The molecule has 158 valence electrons. The Labute approximate surface area is 165 Å². The van der Waals surface area contributed by atoms with Gasteiger partial charge in [-0.1, -0.05) is 0 Å². The molecule has 0 bridgehead atoms. The van der Waals surface area contributed by atoms with Crippen molar-refractivity contribution in [1.82, 2.24) is 19.5 Å². The lowest BCUT2D eigenvalue weighted by Gasteiger charge is -2.19. The van der Waals surface area contributed by atoms with Gasteiger partial charge in [0.05, 0.1) is 19.5 Å². The Morgan fingerprint density at radius 2 is 1.97 bits per heavy atom. The number of nitrogens with zero attached hydrogens (tertiary/aromatic N) is 3. The molecule has 12 heteroatoms. The Morgan fingerprint density at radius 3 is 2.62 bits per heavy atom. The average molecular weight is 407 g/mol. The quantitative estimate of drug-likeness (QED) is 0.373. The minimum atomic E-state index is -0.755. The summed E-state index contributed by atoms with van der Waals surface area (Å²) in [4.78, 5) is 46.1. The van der Waals surface area contributed by atoms with Gasteiger partial charge in [-0.2, -0.15) is 4.98 Å². The number of carbonyl (C=O) groups excluding carboxylic acids is 2. The number of nitrogens with one attached hydrogen (secondary N) is 1. The van der Waals surface area contributed by atoms with E-state index in [1.165, 1.54) is 20.2 Å². The van der Waals surface area contributed by atoms with Crippen LogP contribution < -0.4 is 22.8 Å². The molecule has 1 saturated carbocycles. The number of aromatic amines is 1. The molecular formula is C17H25N7O5. The average Bonchev–Trinajstić information content (AvgIpc) is 3.18. The van der Waals surface area contributed by atoms with E-state index in [0.717, 1.165) is 0 Å². The van der Waals surface area contributed by atoms with Crippen molar-refractivity contribution in [2.75, 3.05) is 18.9 Å². The minimum absolute atomic E-state index is 0.0279. The summed E-state index contributed by atoms with van der Waals surface area (Å²) in [5.74, 6) is -1.13. The number of aromatic nitrogens is 4. The van der Waals surface area contributed by atoms with Crippen LogP contribution in [0.4, 0.5) is 5.95 Å². The molecule has 2 heterocycles. The van der Waals surface area contributed by atoms with Gasteiger partial charge < -0.3 is 31.2 Å². The first-order chi connectivity index (χ1) is 13.6. The van der Waals surface area contributed by atoms with E-state index in [1.807, 2.05) is 0 Å². The zero-order valence-corrected chi connectivity index (χ0v) is 16.3. The number of anilines is 1. The summed E-state index contributed by atoms with van der Waals surface area (Å²) in [6, 6.07) is -1.48. The molecule has 2 aromatic rings. The van der Waals surface area contributed by atoms with Gasteiger partial charge in [0.1, 0.15) is 12.1 Å². The molecule has 2 aromatic heterocycles. The number of nitrogens with two attached hydrogens (primary N) is 3. The second kappa shape index (κ2) is 7.79. The lowest BCUT2D eigenvalue weighted by atomic mass is 10.1. The molecule has 3 rings (SSSR count). The van der Waals surface area contributed by atoms with Gasteiger partial charge in [-0.05, 0) is 20.3 Å². The molecule has 29 heavy (non-hydrogen) atoms. The zero-order chi connectivity index (χ0) is 21.3. The Hall–Kier alpha value is -2.99. The lowest BCUT2D eigenvalue weighted by Crippen LogP contribution is -2.33. The third kappa shape index (κ3) is 4.38. The molecule has 7 N–H and O–H groups in total. The lowest BCUT2D eigenvalue weighted by molar-refractivity contribution is -0.149. The third-order valence-corrected chi connectivity index (χ3v) is 5.01. The molecule has 0 aromatic carbocycles. The number of carbonyl (C=O) groups is 2. The number of hydrogen-bond donors (Lipinski definition) is 4. The second-order valence-corrected chi connectivity index (χ2v) is 7.57. The summed E-state index contributed by atoms with van der Waals surface area (Å²) >= 11 is 0. The van der Waals surface area contributed by atoms with Crippen LogP contribution in [0.3, 0.4) is 0 Å². The van der Waals surface area contributed by atoms with Crippen LogP contribution in [0.25, 0.3) is 11.2 Å². The Bertz CT molecular complexity index is 982. The van der Waals surface area contributed by atoms with Crippen molar-refractivity contribution < 1.29 is 19.1 Å². The monoisotopic (exact) mass is 407 g/mol. The molecule has 2 unspecified atom stereocenters. The van der Waals surface area contributed by atoms with Crippen molar-refractivity contribution >= 4 is 29.1 Å². The van der Waals surface area contributed by atoms with Crippen LogP contribution in [0.15, 0.2) is 11.1 Å². The molecule has 0 spiro atoms. The molecule has 0 aliphatic heterocycles. The molecule has 1 aliphatic rings. The highest BCUT2D eigenvalue weighted by molar-refractivity contribution is 5.75. The molecule has 0 amide bonds. The number of nitrogen functional groups attached to an aromatic ring is 1. The standard InChI is InChI=1S/C17H25N7O5/c1-8(18)14(26)28-4-10-3-17(10,6-29-15(27)9(2)19)5-24-7-21-11-12(24)22-16(20)23-13(11)25/h7-10H,3-6,18-19H2,1-2H3,(H3,20,22,23,25)/t8-,9-,10?,17?/m0/s1. The fourth-order valence-corrected chi connectivity index (χ4v) is 3.17. The van der Waals surface area contributed by atoms with Gasteiger partial charge in [-0.3, -0.25) is 19.4 Å². The Kier molecular flexibility index (Phi) is 5.57. The van der Waals surface area contributed by atoms with Gasteiger partial charge in [0.15, 0.2) is 11.2 Å². The van der Waals surface area contributed by atoms with E-state index in [-0.39, 0.29) is 30.6 Å². The molecule has 12 nitrogen and oxygen atoms in total. The maximum atomic E-state index is 12.0. The normalized spacial score (nSPS) is 22.8. The maximum absolute atomic E-state index is 12.0. The summed E-state index contributed by atoms with van der Waals surface area (Å²) < 4.78 is 12.3. The van der Waals surface area contributed by atoms with Crippen molar-refractivity contribution in [1.29, 1.82) is 0 Å². The fraction of sp³-hybridized carbons (Fsp3) is 0.588. The highest BCUT2D eigenvalue weighted by Crippen LogP contribution is 2.54. The van der Waals surface area contributed by atoms with Crippen molar-refractivity contribution in [3.8, 4) is 0 Å². The van der Waals surface area contributed by atoms with Gasteiger partial charge in [-0.15, -0.1) is 0 Å². The van der Waals surface area contributed by atoms with E-state index >= 15 is 0 Å². The summed E-state index contributed by atoms with van der Waals surface area (Å²) in [5, 5.41) is 0. The first-order valence-electron chi connectivity index (χ1n) is 9.18. The zero-order valence-electron chi connectivity index (χ0n) is 16.3. The van der Waals surface area contributed by atoms with E-state index in [4.69, 9.17) is 26.7 Å². The molecule has 0 radical (unpaired) electrons. The highest BCUT2D eigenvalue weighted by Gasteiger charge is 2.56.